The van der Waals surface area contributed by atoms with Gasteiger partial charge in [-0.3, -0.25) is 15.0 Å². The van der Waals surface area contributed by atoms with E-state index in [9.17, 15) is 18.4 Å². The topological polar surface area (TPSA) is 49.4 Å². The molecule has 1 aliphatic rings. The van der Waals surface area contributed by atoms with Gasteiger partial charge in [-0.25, -0.2) is 13.8 Å². The van der Waals surface area contributed by atoms with E-state index >= 15 is 0 Å². The number of hydrogen-bond donors (Lipinski definition) is 1. The third kappa shape index (κ3) is 4.46. The molecule has 1 saturated heterocycles. The van der Waals surface area contributed by atoms with E-state index < -0.39 is 28.8 Å². The molecule has 158 valence electrons. The molecule has 0 aromatic heterocycles. The minimum Gasteiger partial charge on any atom is -0.273 e. The SMILES string of the molecule is CC(C(=O)NN1C(=O)CSC1c1cccc(F)c1)c1ccc(-c2ccccc2)c(F)c1. The highest BCUT2D eigenvalue weighted by atomic mass is 32.2. The monoisotopic (exact) mass is 438 g/mol. The number of amides is 2. The summed E-state index contributed by atoms with van der Waals surface area (Å²) in [5.41, 5.74) is 4.93. The van der Waals surface area contributed by atoms with Gasteiger partial charge in [0.25, 0.3) is 5.91 Å². The molecule has 3 aromatic rings. The summed E-state index contributed by atoms with van der Waals surface area (Å²) in [7, 11) is 0. The Labute approximate surface area is 183 Å². The summed E-state index contributed by atoms with van der Waals surface area (Å²) in [6.45, 7) is 1.65. The third-order valence-corrected chi connectivity index (χ3v) is 6.42. The first-order chi connectivity index (χ1) is 14.9. The number of halogens is 2. The number of carbonyl (C=O) groups excluding carboxylic acids is 2. The molecule has 2 amide bonds. The Morgan fingerprint density at radius 2 is 1.84 bits per heavy atom. The van der Waals surface area contributed by atoms with E-state index in [4.69, 9.17) is 0 Å². The van der Waals surface area contributed by atoms with Crippen LogP contribution in [0.2, 0.25) is 0 Å². The third-order valence-electron chi connectivity index (χ3n) is 5.20. The van der Waals surface area contributed by atoms with E-state index in [0.29, 0.717) is 16.7 Å². The van der Waals surface area contributed by atoms with Crippen LogP contribution in [0.1, 0.15) is 29.3 Å². The van der Waals surface area contributed by atoms with Gasteiger partial charge in [0.15, 0.2) is 0 Å². The summed E-state index contributed by atoms with van der Waals surface area (Å²) in [5.74, 6) is -2.06. The van der Waals surface area contributed by atoms with Gasteiger partial charge in [0.1, 0.15) is 17.0 Å². The highest BCUT2D eigenvalue weighted by Gasteiger charge is 2.35. The van der Waals surface area contributed by atoms with Gasteiger partial charge in [-0.1, -0.05) is 54.6 Å². The van der Waals surface area contributed by atoms with Crippen molar-refractivity contribution in [3.8, 4) is 11.1 Å². The molecule has 1 aliphatic heterocycles. The number of rotatable bonds is 5. The molecule has 0 radical (unpaired) electrons. The highest BCUT2D eigenvalue weighted by Crippen LogP contribution is 2.37. The van der Waals surface area contributed by atoms with Gasteiger partial charge in [-0.05, 0) is 41.8 Å². The molecule has 1 heterocycles. The Morgan fingerprint density at radius 1 is 1.06 bits per heavy atom. The fraction of sp³-hybridized carbons (Fsp3) is 0.167. The highest BCUT2D eigenvalue weighted by molar-refractivity contribution is 8.00. The van der Waals surface area contributed by atoms with E-state index in [-0.39, 0.29) is 11.7 Å². The van der Waals surface area contributed by atoms with E-state index in [2.05, 4.69) is 5.43 Å². The van der Waals surface area contributed by atoms with Gasteiger partial charge in [0, 0.05) is 5.56 Å². The van der Waals surface area contributed by atoms with Crippen molar-refractivity contribution in [2.75, 3.05) is 5.75 Å². The lowest BCUT2D eigenvalue weighted by Gasteiger charge is -2.26. The first-order valence-electron chi connectivity index (χ1n) is 9.78. The second kappa shape index (κ2) is 8.89. The Kier molecular flexibility index (Phi) is 6.04. The van der Waals surface area contributed by atoms with Crippen molar-refractivity contribution in [3.05, 3.63) is 95.6 Å². The molecule has 3 aromatic carbocycles. The second-order valence-electron chi connectivity index (χ2n) is 7.29. The van der Waals surface area contributed by atoms with Crippen molar-refractivity contribution in [3.63, 3.8) is 0 Å². The normalized spacial score (nSPS) is 16.9. The van der Waals surface area contributed by atoms with Gasteiger partial charge in [0.05, 0.1) is 11.7 Å². The number of hydrazine groups is 1. The van der Waals surface area contributed by atoms with Gasteiger partial charge < -0.3 is 0 Å². The molecule has 2 atom stereocenters. The summed E-state index contributed by atoms with van der Waals surface area (Å²) in [6.07, 6.45) is 0. The van der Waals surface area contributed by atoms with Crippen molar-refractivity contribution in [2.45, 2.75) is 18.2 Å². The maximum Gasteiger partial charge on any atom is 0.252 e. The fourth-order valence-electron chi connectivity index (χ4n) is 3.47. The molecule has 1 N–H and O–H groups in total. The van der Waals surface area contributed by atoms with Crippen LogP contribution in [-0.2, 0) is 9.59 Å². The zero-order chi connectivity index (χ0) is 22.0. The quantitative estimate of drug-likeness (QED) is 0.607. The van der Waals surface area contributed by atoms with Crippen molar-refractivity contribution < 1.29 is 18.4 Å². The maximum absolute atomic E-state index is 14.7. The standard InChI is InChI=1S/C24H20F2N2O2S/c1-15(17-10-11-20(21(26)13-17)16-6-3-2-4-7-16)23(30)27-28-22(29)14-31-24(28)18-8-5-9-19(25)12-18/h2-13,15,24H,14H2,1H3,(H,27,30). The predicted molar refractivity (Wildman–Crippen MR) is 117 cm³/mol. The van der Waals surface area contributed by atoms with Crippen LogP contribution in [0.15, 0.2) is 72.8 Å². The van der Waals surface area contributed by atoms with Crippen LogP contribution in [0.3, 0.4) is 0 Å². The summed E-state index contributed by atoms with van der Waals surface area (Å²) in [4.78, 5) is 25.2. The van der Waals surface area contributed by atoms with E-state index in [0.717, 1.165) is 5.56 Å². The number of thioether (sulfide) groups is 1. The Morgan fingerprint density at radius 3 is 2.55 bits per heavy atom. The fourth-order valence-corrected chi connectivity index (χ4v) is 4.57. The van der Waals surface area contributed by atoms with Crippen LogP contribution < -0.4 is 5.43 Å². The molecule has 4 nitrogen and oxygen atoms in total. The van der Waals surface area contributed by atoms with Gasteiger partial charge >= 0.3 is 0 Å². The first kappa shape index (κ1) is 21.1. The van der Waals surface area contributed by atoms with E-state index in [1.54, 1.807) is 31.2 Å². The molecular formula is C24H20F2N2O2S. The number of carbonyl (C=O) groups is 2. The maximum atomic E-state index is 14.7. The van der Waals surface area contributed by atoms with Crippen LogP contribution in [0.5, 0.6) is 0 Å². The minimum absolute atomic E-state index is 0.177. The summed E-state index contributed by atoms with van der Waals surface area (Å²) >= 11 is 1.31. The molecule has 4 rings (SSSR count). The van der Waals surface area contributed by atoms with Crippen molar-refractivity contribution >= 4 is 23.6 Å². The first-order valence-corrected chi connectivity index (χ1v) is 10.8. The van der Waals surface area contributed by atoms with Crippen LogP contribution >= 0.6 is 11.8 Å². The van der Waals surface area contributed by atoms with Crippen LogP contribution in [0, 0.1) is 11.6 Å². The van der Waals surface area contributed by atoms with Crippen LogP contribution in [-0.4, -0.2) is 22.6 Å². The van der Waals surface area contributed by atoms with Crippen molar-refractivity contribution in [2.24, 2.45) is 0 Å². The van der Waals surface area contributed by atoms with Gasteiger partial charge in [-0.15, -0.1) is 11.8 Å². The zero-order valence-corrected chi connectivity index (χ0v) is 17.5. The average Bonchev–Trinajstić information content (AvgIpc) is 3.13. The zero-order valence-electron chi connectivity index (χ0n) is 16.7. The summed E-state index contributed by atoms with van der Waals surface area (Å²) < 4.78 is 28.3. The number of nitrogens with one attached hydrogen (secondary N) is 1. The van der Waals surface area contributed by atoms with E-state index in [1.807, 2.05) is 30.3 Å². The Bertz CT molecular complexity index is 1120. The average molecular weight is 438 g/mol. The lowest BCUT2D eigenvalue weighted by molar-refractivity contribution is -0.140. The van der Waals surface area contributed by atoms with Crippen LogP contribution in [0.4, 0.5) is 8.78 Å². The predicted octanol–water partition coefficient (Wildman–Crippen LogP) is 5.04. The van der Waals surface area contributed by atoms with Crippen LogP contribution in [0.25, 0.3) is 11.1 Å². The molecule has 0 saturated carbocycles. The Balaban J connectivity index is 1.51. The second-order valence-corrected chi connectivity index (χ2v) is 8.35. The van der Waals surface area contributed by atoms with Gasteiger partial charge in [0.2, 0.25) is 5.91 Å². The molecular weight excluding hydrogens is 418 g/mol. The number of benzene rings is 3. The minimum atomic E-state index is -0.689. The lowest BCUT2D eigenvalue weighted by atomic mass is 9.96. The number of hydrogen-bond acceptors (Lipinski definition) is 3. The molecule has 2 unspecified atom stereocenters. The smallest absolute Gasteiger partial charge is 0.252 e. The van der Waals surface area contributed by atoms with Gasteiger partial charge in [-0.2, -0.15) is 0 Å². The molecule has 1 fully saturated rings. The number of nitrogens with zero attached hydrogens (tertiary/aromatic N) is 1. The Hall–Kier alpha value is -3.19. The molecule has 31 heavy (non-hydrogen) atoms. The summed E-state index contributed by atoms with van der Waals surface area (Å²) in [5, 5.41) is 0.712. The summed E-state index contributed by atoms with van der Waals surface area (Å²) in [6, 6.07) is 19.8. The molecule has 0 bridgehead atoms. The largest absolute Gasteiger partial charge is 0.273 e. The van der Waals surface area contributed by atoms with E-state index in [1.165, 1.54) is 35.0 Å². The van der Waals surface area contributed by atoms with Crippen molar-refractivity contribution in [1.82, 2.24) is 10.4 Å². The van der Waals surface area contributed by atoms with Crippen molar-refractivity contribution in [1.29, 1.82) is 0 Å². The molecule has 0 spiro atoms. The molecule has 7 heteroatoms. The lowest BCUT2D eigenvalue weighted by Crippen LogP contribution is -2.46. The molecule has 0 aliphatic carbocycles.